The van der Waals surface area contributed by atoms with E-state index in [4.69, 9.17) is 0 Å². The van der Waals surface area contributed by atoms with Gasteiger partial charge in [-0.15, -0.1) is 11.3 Å². The van der Waals surface area contributed by atoms with E-state index in [1.54, 1.807) is 11.3 Å². The number of thiophene rings is 1. The Balaban J connectivity index is 1.76. The quantitative estimate of drug-likeness (QED) is 0.779. The molecule has 1 amide bonds. The van der Waals surface area contributed by atoms with Crippen LogP contribution >= 0.6 is 11.3 Å². The van der Waals surface area contributed by atoms with Crippen molar-refractivity contribution in [3.05, 3.63) is 40.6 Å². The van der Waals surface area contributed by atoms with Crippen molar-refractivity contribution < 1.29 is 4.79 Å². The Morgan fingerprint density at radius 2 is 2.24 bits per heavy atom. The van der Waals surface area contributed by atoms with E-state index in [1.165, 1.54) is 0 Å². The lowest BCUT2D eigenvalue weighted by molar-refractivity contribution is -0.115. The maximum Gasteiger partial charge on any atom is 0.229 e. The van der Waals surface area contributed by atoms with Crippen LogP contribution in [0.1, 0.15) is 4.88 Å². The number of rotatable bonds is 4. The molecule has 3 aromatic rings. The van der Waals surface area contributed by atoms with Crippen molar-refractivity contribution in [2.45, 2.75) is 6.42 Å². The molecule has 0 saturated carbocycles. The summed E-state index contributed by atoms with van der Waals surface area (Å²) in [4.78, 5) is 22.6. The van der Waals surface area contributed by atoms with Gasteiger partial charge in [0.15, 0.2) is 0 Å². The predicted molar refractivity (Wildman–Crippen MR) is 87.1 cm³/mol. The van der Waals surface area contributed by atoms with Gasteiger partial charge < -0.3 is 15.2 Å². The highest BCUT2D eigenvalue weighted by Gasteiger charge is 2.08. The van der Waals surface area contributed by atoms with Crippen molar-refractivity contribution in [3.63, 3.8) is 0 Å². The van der Waals surface area contributed by atoms with Gasteiger partial charge in [-0.3, -0.25) is 4.79 Å². The molecule has 0 fully saturated rings. The Labute approximate surface area is 126 Å². The number of benzene rings is 1. The number of amides is 1. The normalized spacial score (nSPS) is 10.8. The summed E-state index contributed by atoms with van der Waals surface area (Å²) in [7, 11) is 3.86. The number of hydrogen-bond acceptors (Lipinski definition) is 4. The molecule has 2 heterocycles. The van der Waals surface area contributed by atoms with E-state index in [9.17, 15) is 4.79 Å². The highest BCUT2D eigenvalue weighted by atomic mass is 32.1. The van der Waals surface area contributed by atoms with Crippen LogP contribution in [-0.2, 0) is 11.2 Å². The molecule has 0 atom stereocenters. The SMILES string of the molecule is CN(C)c1nc2ccc(NC(=O)Cc3cccs3)cc2[nH]1. The van der Waals surface area contributed by atoms with Crippen LogP contribution in [0.4, 0.5) is 11.6 Å². The molecule has 0 bridgehead atoms. The molecule has 0 aliphatic heterocycles. The van der Waals surface area contributed by atoms with Crippen LogP contribution in [0, 0.1) is 0 Å². The number of nitrogens with zero attached hydrogens (tertiary/aromatic N) is 2. The van der Waals surface area contributed by atoms with Crippen molar-refractivity contribution in [1.82, 2.24) is 9.97 Å². The molecular weight excluding hydrogens is 284 g/mol. The number of imidazole rings is 1. The number of hydrogen-bond donors (Lipinski definition) is 2. The maximum absolute atomic E-state index is 12.0. The standard InChI is InChI=1S/C15H16N4OS/c1-19(2)15-17-12-6-5-10(8-13(12)18-15)16-14(20)9-11-4-3-7-21-11/h3-8H,9H2,1-2H3,(H,16,20)(H,17,18). The van der Waals surface area contributed by atoms with Crippen LogP contribution in [-0.4, -0.2) is 30.0 Å². The van der Waals surface area contributed by atoms with Crippen molar-refractivity contribution in [3.8, 4) is 0 Å². The van der Waals surface area contributed by atoms with E-state index < -0.39 is 0 Å². The fraction of sp³-hybridized carbons (Fsp3) is 0.200. The number of nitrogens with one attached hydrogen (secondary N) is 2. The minimum atomic E-state index is -0.0100. The number of anilines is 2. The second-order valence-electron chi connectivity index (χ2n) is 4.99. The first-order valence-corrected chi connectivity index (χ1v) is 7.49. The molecule has 6 heteroatoms. The van der Waals surface area contributed by atoms with Gasteiger partial charge in [0, 0.05) is 24.7 Å². The molecule has 1 aromatic carbocycles. The summed E-state index contributed by atoms with van der Waals surface area (Å²) in [6.07, 6.45) is 0.404. The van der Waals surface area contributed by atoms with Gasteiger partial charge in [-0.25, -0.2) is 4.98 Å². The third-order valence-corrected chi connectivity index (χ3v) is 3.97. The number of aromatic nitrogens is 2. The largest absolute Gasteiger partial charge is 0.349 e. The monoisotopic (exact) mass is 300 g/mol. The minimum Gasteiger partial charge on any atom is -0.349 e. The number of H-pyrrole nitrogens is 1. The number of aromatic amines is 1. The lowest BCUT2D eigenvalue weighted by Gasteiger charge is -2.05. The summed E-state index contributed by atoms with van der Waals surface area (Å²) in [6, 6.07) is 9.59. The minimum absolute atomic E-state index is 0.0100. The zero-order valence-corrected chi connectivity index (χ0v) is 12.7. The summed E-state index contributed by atoms with van der Waals surface area (Å²) >= 11 is 1.59. The first-order chi connectivity index (χ1) is 10.1. The van der Waals surface area contributed by atoms with Crippen LogP contribution in [0.2, 0.25) is 0 Å². The van der Waals surface area contributed by atoms with Crippen LogP contribution in [0.3, 0.4) is 0 Å². The Morgan fingerprint density at radius 1 is 1.38 bits per heavy atom. The number of fused-ring (bicyclic) bond motifs is 1. The van der Waals surface area contributed by atoms with E-state index in [0.717, 1.165) is 27.5 Å². The molecule has 0 radical (unpaired) electrons. The topological polar surface area (TPSA) is 61.0 Å². The van der Waals surface area contributed by atoms with E-state index in [2.05, 4.69) is 15.3 Å². The molecule has 21 heavy (non-hydrogen) atoms. The Morgan fingerprint density at radius 3 is 2.95 bits per heavy atom. The van der Waals surface area contributed by atoms with E-state index in [1.807, 2.05) is 54.7 Å². The summed E-state index contributed by atoms with van der Waals surface area (Å²) in [5, 5.41) is 4.89. The van der Waals surface area contributed by atoms with Gasteiger partial charge in [0.2, 0.25) is 11.9 Å². The van der Waals surface area contributed by atoms with Gasteiger partial charge in [-0.05, 0) is 29.6 Å². The predicted octanol–water partition coefficient (Wildman–Crippen LogP) is 2.87. The fourth-order valence-electron chi connectivity index (χ4n) is 2.06. The van der Waals surface area contributed by atoms with Gasteiger partial charge >= 0.3 is 0 Å². The lowest BCUT2D eigenvalue weighted by atomic mass is 10.2. The summed E-state index contributed by atoms with van der Waals surface area (Å²) in [6.45, 7) is 0. The molecular formula is C15H16N4OS. The summed E-state index contributed by atoms with van der Waals surface area (Å²) in [5.74, 6) is 0.788. The van der Waals surface area contributed by atoms with Gasteiger partial charge in [-0.1, -0.05) is 6.07 Å². The third-order valence-electron chi connectivity index (χ3n) is 3.09. The molecule has 5 nitrogen and oxygen atoms in total. The average Bonchev–Trinajstić information content (AvgIpc) is 3.06. The molecule has 3 rings (SSSR count). The highest BCUT2D eigenvalue weighted by molar-refractivity contribution is 7.10. The smallest absolute Gasteiger partial charge is 0.229 e. The first kappa shape index (κ1) is 13.6. The number of carbonyl (C=O) groups is 1. The molecule has 108 valence electrons. The lowest BCUT2D eigenvalue weighted by Crippen LogP contribution is -2.13. The van der Waals surface area contributed by atoms with Gasteiger partial charge in [0.1, 0.15) is 0 Å². The first-order valence-electron chi connectivity index (χ1n) is 6.61. The van der Waals surface area contributed by atoms with Crippen LogP contribution in [0.5, 0.6) is 0 Å². The molecule has 0 saturated heterocycles. The van der Waals surface area contributed by atoms with Gasteiger partial charge in [0.25, 0.3) is 0 Å². The van der Waals surface area contributed by atoms with Crippen LogP contribution in [0.15, 0.2) is 35.7 Å². The second-order valence-corrected chi connectivity index (χ2v) is 6.02. The van der Waals surface area contributed by atoms with Crippen LogP contribution in [0.25, 0.3) is 11.0 Å². The molecule has 2 aromatic heterocycles. The maximum atomic E-state index is 12.0. The summed E-state index contributed by atoms with van der Waals surface area (Å²) < 4.78 is 0. The third kappa shape index (κ3) is 3.05. The van der Waals surface area contributed by atoms with Crippen LogP contribution < -0.4 is 10.2 Å². The zero-order valence-electron chi connectivity index (χ0n) is 11.9. The molecule has 2 N–H and O–H groups in total. The Bertz CT molecular complexity index is 761. The molecule has 0 aliphatic carbocycles. The van der Waals surface area contributed by atoms with E-state index >= 15 is 0 Å². The second kappa shape index (κ2) is 5.57. The fourth-order valence-corrected chi connectivity index (χ4v) is 2.77. The number of carbonyl (C=O) groups excluding carboxylic acids is 1. The molecule has 0 spiro atoms. The van der Waals surface area contributed by atoms with Crippen molar-refractivity contribution in [2.24, 2.45) is 0 Å². The van der Waals surface area contributed by atoms with Crippen molar-refractivity contribution in [1.29, 1.82) is 0 Å². The van der Waals surface area contributed by atoms with E-state index in [-0.39, 0.29) is 5.91 Å². The Hall–Kier alpha value is -2.34. The zero-order chi connectivity index (χ0) is 14.8. The van der Waals surface area contributed by atoms with E-state index in [0.29, 0.717) is 6.42 Å². The highest BCUT2D eigenvalue weighted by Crippen LogP contribution is 2.20. The Kier molecular flexibility index (Phi) is 3.62. The van der Waals surface area contributed by atoms with Gasteiger partial charge in [-0.2, -0.15) is 0 Å². The summed E-state index contributed by atoms with van der Waals surface area (Å²) in [5.41, 5.74) is 2.57. The van der Waals surface area contributed by atoms with Crippen molar-refractivity contribution in [2.75, 3.05) is 24.3 Å². The van der Waals surface area contributed by atoms with Gasteiger partial charge in [0.05, 0.1) is 17.5 Å². The average molecular weight is 300 g/mol. The van der Waals surface area contributed by atoms with Crippen molar-refractivity contribution >= 4 is 39.9 Å². The molecule has 0 unspecified atom stereocenters. The molecule has 0 aliphatic rings.